The molecule has 1 aromatic carbocycles. The van der Waals surface area contributed by atoms with Gasteiger partial charge in [0.05, 0.1) is 11.7 Å². The van der Waals surface area contributed by atoms with Crippen LogP contribution in [-0.4, -0.2) is 9.97 Å². The van der Waals surface area contributed by atoms with Crippen LogP contribution in [0, 0.1) is 12.9 Å². The minimum absolute atomic E-state index is 0.441. The molecule has 0 aliphatic heterocycles. The lowest BCUT2D eigenvalue weighted by atomic mass is 10.1. The third-order valence-electron chi connectivity index (χ3n) is 2.61. The van der Waals surface area contributed by atoms with Gasteiger partial charge in [0, 0.05) is 22.4 Å². The molecule has 0 fully saturated rings. The van der Waals surface area contributed by atoms with Crippen LogP contribution >= 0.6 is 0 Å². The molecule has 74 valence electrons. The van der Waals surface area contributed by atoms with Crippen molar-refractivity contribution in [2.24, 2.45) is 0 Å². The van der Waals surface area contributed by atoms with Gasteiger partial charge in [-0.15, -0.1) is 0 Å². The highest BCUT2D eigenvalue weighted by Gasteiger charge is 2.05. The fraction of sp³-hybridized carbons (Fsp3) is 0.0833. The van der Waals surface area contributed by atoms with Crippen molar-refractivity contribution in [3.05, 3.63) is 42.0 Å². The average Bonchev–Trinajstić information content (AvgIpc) is 2.54. The highest BCUT2D eigenvalue weighted by atomic mass is 19.1. The van der Waals surface area contributed by atoms with Crippen molar-refractivity contribution in [2.75, 3.05) is 0 Å². The molecule has 0 aliphatic rings. The third-order valence-corrected chi connectivity index (χ3v) is 2.61. The topological polar surface area (TPSA) is 28.7 Å². The van der Waals surface area contributed by atoms with Gasteiger partial charge in [-0.05, 0) is 18.6 Å². The molecule has 2 heterocycles. The second-order valence-electron chi connectivity index (χ2n) is 3.73. The number of halogens is 1. The molecule has 1 N–H and O–H groups in total. The molecular weight excluding hydrogens is 191 g/mol. The summed E-state index contributed by atoms with van der Waals surface area (Å²) in [5, 5.41) is 1.93. The van der Waals surface area contributed by atoms with Gasteiger partial charge in [-0.1, -0.05) is 12.1 Å². The van der Waals surface area contributed by atoms with Crippen LogP contribution in [0.15, 0.2) is 30.5 Å². The zero-order valence-corrected chi connectivity index (χ0v) is 8.21. The van der Waals surface area contributed by atoms with Crippen molar-refractivity contribution in [3.8, 4) is 0 Å². The first-order valence-electron chi connectivity index (χ1n) is 4.77. The maximum Gasteiger partial charge on any atom is 0.213 e. The molecule has 3 aromatic rings. The first-order valence-corrected chi connectivity index (χ1v) is 4.77. The number of pyridine rings is 1. The Morgan fingerprint density at radius 1 is 1.13 bits per heavy atom. The molecule has 3 rings (SSSR count). The van der Waals surface area contributed by atoms with Crippen LogP contribution in [0.1, 0.15) is 5.56 Å². The lowest BCUT2D eigenvalue weighted by Gasteiger charge is -1.92. The van der Waals surface area contributed by atoms with E-state index in [0.29, 0.717) is 0 Å². The monoisotopic (exact) mass is 200 g/mol. The van der Waals surface area contributed by atoms with E-state index in [0.717, 1.165) is 21.8 Å². The fourth-order valence-electron chi connectivity index (χ4n) is 1.89. The molecule has 0 atom stereocenters. The van der Waals surface area contributed by atoms with Crippen LogP contribution in [-0.2, 0) is 0 Å². The molecule has 0 aliphatic carbocycles. The van der Waals surface area contributed by atoms with Gasteiger partial charge in [0.15, 0.2) is 0 Å². The summed E-state index contributed by atoms with van der Waals surface area (Å²) in [6.45, 7) is 2.03. The van der Waals surface area contributed by atoms with E-state index in [-0.39, 0.29) is 0 Å². The third kappa shape index (κ3) is 1.20. The van der Waals surface area contributed by atoms with Crippen molar-refractivity contribution >= 4 is 21.8 Å². The van der Waals surface area contributed by atoms with E-state index in [2.05, 4.69) is 9.97 Å². The van der Waals surface area contributed by atoms with Crippen LogP contribution in [0.2, 0.25) is 0 Å². The smallest absolute Gasteiger partial charge is 0.213 e. The van der Waals surface area contributed by atoms with Gasteiger partial charge in [0.1, 0.15) is 0 Å². The Kier molecular flexibility index (Phi) is 1.57. The second kappa shape index (κ2) is 2.79. The molecule has 2 nitrogen and oxygen atoms in total. The fourth-order valence-corrected chi connectivity index (χ4v) is 1.89. The van der Waals surface area contributed by atoms with Crippen LogP contribution in [0.25, 0.3) is 21.8 Å². The van der Waals surface area contributed by atoms with Crippen molar-refractivity contribution in [1.29, 1.82) is 0 Å². The van der Waals surface area contributed by atoms with Gasteiger partial charge in [0.2, 0.25) is 5.95 Å². The Balaban J connectivity index is 2.53. The van der Waals surface area contributed by atoms with Crippen molar-refractivity contribution in [1.82, 2.24) is 9.97 Å². The Hall–Kier alpha value is -1.90. The zero-order chi connectivity index (χ0) is 10.4. The Labute approximate surface area is 85.8 Å². The van der Waals surface area contributed by atoms with Crippen molar-refractivity contribution in [3.63, 3.8) is 0 Å². The molecule has 0 saturated heterocycles. The summed E-state index contributed by atoms with van der Waals surface area (Å²) in [6.07, 6.45) is 1.53. The summed E-state index contributed by atoms with van der Waals surface area (Å²) in [5.74, 6) is -0.441. The molecule has 0 spiro atoms. The van der Waals surface area contributed by atoms with Gasteiger partial charge < -0.3 is 4.98 Å². The number of nitrogens with zero attached hydrogens (tertiary/aromatic N) is 1. The zero-order valence-electron chi connectivity index (χ0n) is 8.21. The number of aromatic amines is 1. The number of aryl methyl sites for hydroxylation is 1. The molecule has 3 heteroatoms. The predicted octanol–water partition coefficient (Wildman–Crippen LogP) is 3.16. The summed E-state index contributed by atoms with van der Waals surface area (Å²) >= 11 is 0. The number of rotatable bonds is 0. The van der Waals surface area contributed by atoms with Gasteiger partial charge in [-0.3, -0.25) is 0 Å². The Bertz CT molecular complexity index is 655. The number of hydrogen-bond donors (Lipinski definition) is 1. The highest BCUT2D eigenvalue weighted by molar-refractivity contribution is 6.06. The molecule has 2 aromatic heterocycles. The molecule has 0 saturated carbocycles. The largest absolute Gasteiger partial charge is 0.353 e. The van der Waals surface area contributed by atoms with Gasteiger partial charge in [0.25, 0.3) is 0 Å². The minimum Gasteiger partial charge on any atom is -0.353 e. The first kappa shape index (κ1) is 8.41. The Morgan fingerprint density at radius 3 is 2.87 bits per heavy atom. The van der Waals surface area contributed by atoms with Gasteiger partial charge >= 0.3 is 0 Å². The van der Waals surface area contributed by atoms with Gasteiger partial charge in [-0.2, -0.15) is 4.39 Å². The number of benzene rings is 1. The molecule has 0 unspecified atom stereocenters. The molecule has 0 bridgehead atoms. The quantitative estimate of drug-likeness (QED) is 0.555. The van der Waals surface area contributed by atoms with Gasteiger partial charge in [-0.25, -0.2) is 4.98 Å². The summed E-state index contributed by atoms with van der Waals surface area (Å²) in [6, 6.07) is 7.54. The summed E-state index contributed by atoms with van der Waals surface area (Å²) in [5.41, 5.74) is 3.08. The van der Waals surface area contributed by atoms with Crippen molar-refractivity contribution in [2.45, 2.75) is 6.92 Å². The molecule has 0 amide bonds. The van der Waals surface area contributed by atoms with Crippen LogP contribution < -0.4 is 0 Å². The summed E-state index contributed by atoms with van der Waals surface area (Å²) < 4.78 is 13.0. The standard InChI is InChI=1S/C12H9FN2/c1-7-2-3-8-9-5-12(13)14-6-11(9)15-10(8)4-7/h2-6,15H,1H3. The lowest BCUT2D eigenvalue weighted by molar-refractivity contribution is 0.586. The predicted molar refractivity (Wildman–Crippen MR) is 58.3 cm³/mol. The number of H-pyrrole nitrogens is 1. The molecule has 15 heavy (non-hydrogen) atoms. The first-order chi connectivity index (χ1) is 7.24. The van der Waals surface area contributed by atoms with Crippen LogP contribution in [0.3, 0.4) is 0 Å². The summed E-state index contributed by atoms with van der Waals surface area (Å²) in [4.78, 5) is 6.84. The summed E-state index contributed by atoms with van der Waals surface area (Å²) in [7, 11) is 0. The average molecular weight is 200 g/mol. The Morgan fingerprint density at radius 2 is 2.00 bits per heavy atom. The van der Waals surface area contributed by atoms with E-state index in [1.165, 1.54) is 17.8 Å². The normalized spacial score (nSPS) is 11.3. The molecular formula is C12H9FN2. The minimum atomic E-state index is -0.441. The maximum atomic E-state index is 13.0. The number of nitrogens with one attached hydrogen (secondary N) is 1. The second-order valence-corrected chi connectivity index (χ2v) is 3.73. The van der Waals surface area contributed by atoms with E-state index < -0.39 is 5.95 Å². The van der Waals surface area contributed by atoms with Crippen LogP contribution in [0.5, 0.6) is 0 Å². The van der Waals surface area contributed by atoms with E-state index in [1.807, 2.05) is 25.1 Å². The van der Waals surface area contributed by atoms with E-state index in [9.17, 15) is 4.39 Å². The van der Waals surface area contributed by atoms with Crippen molar-refractivity contribution < 1.29 is 4.39 Å². The SMILES string of the molecule is Cc1ccc2c(c1)[nH]c1cnc(F)cc12. The van der Waals surface area contributed by atoms with E-state index >= 15 is 0 Å². The van der Waals surface area contributed by atoms with E-state index in [1.54, 1.807) is 0 Å². The highest BCUT2D eigenvalue weighted by Crippen LogP contribution is 2.25. The van der Waals surface area contributed by atoms with E-state index in [4.69, 9.17) is 0 Å². The number of aromatic nitrogens is 2. The van der Waals surface area contributed by atoms with Crippen LogP contribution in [0.4, 0.5) is 4.39 Å². The number of hydrogen-bond acceptors (Lipinski definition) is 1. The number of fused-ring (bicyclic) bond motifs is 3. The molecule has 0 radical (unpaired) electrons. The maximum absolute atomic E-state index is 13.0. The lowest BCUT2D eigenvalue weighted by Crippen LogP contribution is -1.79.